The molecular weight excluding hydrogens is 398 g/mol. The third-order valence-corrected chi connectivity index (χ3v) is 7.46. The number of hydrogen-bond acceptors (Lipinski definition) is 4. The topological polar surface area (TPSA) is 49.6 Å². The van der Waals surface area contributed by atoms with Gasteiger partial charge < -0.3 is 14.3 Å². The van der Waals surface area contributed by atoms with Gasteiger partial charge in [0.2, 0.25) is 0 Å². The van der Waals surface area contributed by atoms with E-state index in [9.17, 15) is 4.79 Å². The normalized spacial score (nSPS) is 18.5. The molecule has 1 saturated carbocycles. The molecule has 0 spiro atoms. The molecule has 2 aromatic rings. The third-order valence-electron chi connectivity index (χ3n) is 7.46. The second kappa shape index (κ2) is 10.7. The molecule has 0 radical (unpaired) electrons. The van der Waals surface area contributed by atoms with Gasteiger partial charge in [-0.3, -0.25) is 4.79 Å². The molecule has 174 valence electrons. The number of hydrogen-bond donors (Lipinski definition) is 0. The van der Waals surface area contributed by atoms with Crippen molar-refractivity contribution in [1.29, 1.82) is 0 Å². The molecule has 1 saturated heterocycles. The van der Waals surface area contributed by atoms with E-state index >= 15 is 0 Å². The van der Waals surface area contributed by atoms with E-state index in [-0.39, 0.29) is 11.8 Å². The summed E-state index contributed by atoms with van der Waals surface area (Å²) < 4.78 is 5.43. The molecule has 0 unspecified atom stereocenters. The lowest BCUT2D eigenvalue weighted by Crippen LogP contribution is -2.45. The van der Waals surface area contributed by atoms with Crippen LogP contribution in [-0.2, 0) is 6.42 Å². The molecule has 1 aromatic carbocycles. The highest BCUT2D eigenvalue weighted by atomic mass is 16.5. The van der Waals surface area contributed by atoms with Crippen molar-refractivity contribution in [3.8, 4) is 0 Å². The number of benzene rings is 1. The Morgan fingerprint density at radius 3 is 2.53 bits per heavy atom. The Hall–Kier alpha value is -2.14. The minimum absolute atomic E-state index is 0.0644. The van der Waals surface area contributed by atoms with Crippen LogP contribution < -0.4 is 0 Å². The fourth-order valence-electron chi connectivity index (χ4n) is 5.26. The summed E-state index contributed by atoms with van der Waals surface area (Å²) in [5, 5.41) is 4.12. The van der Waals surface area contributed by atoms with Gasteiger partial charge >= 0.3 is 0 Å². The quantitative estimate of drug-likeness (QED) is 0.551. The zero-order chi connectivity index (χ0) is 22.5. The molecule has 4 rings (SSSR count). The smallest absolute Gasteiger partial charge is 0.276 e. The molecule has 1 aliphatic heterocycles. The van der Waals surface area contributed by atoms with Gasteiger partial charge in [0, 0.05) is 31.1 Å². The molecule has 0 N–H and O–H groups in total. The van der Waals surface area contributed by atoms with Crippen molar-refractivity contribution in [2.75, 3.05) is 26.2 Å². The molecule has 5 nitrogen and oxygen atoms in total. The lowest BCUT2D eigenvalue weighted by molar-refractivity contribution is 0.0588. The first-order valence-corrected chi connectivity index (χ1v) is 12.6. The molecule has 2 aliphatic rings. The first-order valence-electron chi connectivity index (χ1n) is 12.6. The summed E-state index contributed by atoms with van der Waals surface area (Å²) in [6.07, 6.45) is 8.14. The van der Waals surface area contributed by atoms with Crippen molar-refractivity contribution >= 4 is 5.91 Å². The van der Waals surface area contributed by atoms with Crippen LogP contribution >= 0.6 is 0 Å². The van der Waals surface area contributed by atoms with Crippen LogP contribution in [0.3, 0.4) is 0 Å². The van der Waals surface area contributed by atoms with Crippen molar-refractivity contribution < 1.29 is 9.32 Å². The van der Waals surface area contributed by atoms with Crippen LogP contribution in [0.2, 0.25) is 0 Å². The molecule has 2 heterocycles. The van der Waals surface area contributed by atoms with Crippen LogP contribution in [0.5, 0.6) is 0 Å². The van der Waals surface area contributed by atoms with Gasteiger partial charge in [-0.15, -0.1) is 0 Å². The summed E-state index contributed by atoms with van der Waals surface area (Å²) in [5.74, 6) is 1.68. The average Bonchev–Trinajstić information content (AvgIpc) is 3.50. The Labute approximate surface area is 193 Å². The molecule has 1 amide bonds. The molecule has 2 fully saturated rings. The van der Waals surface area contributed by atoms with Crippen molar-refractivity contribution in [3.63, 3.8) is 0 Å². The van der Waals surface area contributed by atoms with E-state index in [0.29, 0.717) is 17.7 Å². The number of nitrogens with zero attached hydrogens (tertiary/aromatic N) is 3. The van der Waals surface area contributed by atoms with Gasteiger partial charge in [-0.1, -0.05) is 56.1 Å². The lowest BCUT2D eigenvalue weighted by atomic mass is 9.94. The van der Waals surface area contributed by atoms with E-state index in [4.69, 9.17) is 4.52 Å². The highest BCUT2D eigenvalue weighted by molar-refractivity contribution is 5.92. The van der Waals surface area contributed by atoms with E-state index in [1.54, 1.807) is 0 Å². The number of aromatic nitrogens is 1. The minimum Gasteiger partial charge on any atom is -0.360 e. The first-order chi connectivity index (χ1) is 15.5. The fraction of sp³-hybridized carbons (Fsp3) is 0.630. The Morgan fingerprint density at radius 1 is 1.16 bits per heavy atom. The van der Waals surface area contributed by atoms with Gasteiger partial charge in [0.15, 0.2) is 5.69 Å². The van der Waals surface area contributed by atoms with Crippen molar-refractivity contribution in [2.45, 2.75) is 77.7 Å². The Morgan fingerprint density at radius 2 is 1.88 bits per heavy atom. The molecule has 0 bridgehead atoms. The van der Waals surface area contributed by atoms with E-state index in [0.717, 1.165) is 51.2 Å². The number of carbonyl (C=O) groups excluding carboxylic acids is 1. The standard InChI is InChI=1S/C27H39N3O2/c1-20(2)26-18-25(28-32-26)27(31)30(24-10-6-7-11-24)19-22-12-15-29(16-13-22)17-14-23-9-5-4-8-21(23)3/h4-5,8-9,18,20,22,24H,6-7,10-17,19H2,1-3H3. The fourth-order valence-corrected chi connectivity index (χ4v) is 5.26. The molecule has 1 aliphatic carbocycles. The molecular formula is C27H39N3O2. The van der Waals surface area contributed by atoms with Crippen molar-refractivity contribution in [2.24, 2.45) is 5.92 Å². The van der Waals surface area contributed by atoms with E-state index < -0.39 is 0 Å². The van der Waals surface area contributed by atoms with Gasteiger partial charge in [0.25, 0.3) is 5.91 Å². The highest BCUT2D eigenvalue weighted by Crippen LogP contribution is 2.29. The monoisotopic (exact) mass is 437 g/mol. The maximum atomic E-state index is 13.4. The highest BCUT2D eigenvalue weighted by Gasteiger charge is 2.32. The van der Waals surface area contributed by atoms with Gasteiger partial charge in [-0.2, -0.15) is 0 Å². The predicted molar refractivity (Wildman–Crippen MR) is 128 cm³/mol. The minimum atomic E-state index is 0.0644. The Bertz CT molecular complexity index is 877. The van der Waals surface area contributed by atoms with Gasteiger partial charge in [-0.25, -0.2) is 0 Å². The average molecular weight is 438 g/mol. The van der Waals surface area contributed by atoms with Gasteiger partial charge in [0.1, 0.15) is 5.76 Å². The third kappa shape index (κ3) is 5.61. The maximum absolute atomic E-state index is 13.4. The SMILES string of the molecule is Cc1ccccc1CCN1CCC(CN(C(=O)c2cc(C(C)C)on2)C2CCCC2)CC1. The molecule has 32 heavy (non-hydrogen) atoms. The van der Waals surface area contributed by atoms with Crippen LogP contribution in [-0.4, -0.2) is 53.1 Å². The summed E-state index contributed by atoms with van der Waals surface area (Å²) >= 11 is 0. The van der Waals surface area contributed by atoms with Crippen molar-refractivity contribution in [3.05, 3.63) is 52.9 Å². The Balaban J connectivity index is 1.33. The van der Waals surface area contributed by atoms with Gasteiger partial charge in [0.05, 0.1) is 0 Å². The summed E-state index contributed by atoms with van der Waals surface area (Å²) in [7, 11) is 0. The second-order valence-electron chi connectivity index (χ2n) is 10.1. The van der Waals surface area contributed by atoms with Crippen LogP contribution in [0.1, 0.15) is 85.7 Å². The summed E-state index contributed by atoms with van der Waals surface area (Å²) in [6, 6.07) is 10.9. The molecule has 5 heteroatoms. The van der Waals surface area contributed by atoms with E-state index in [1.807, 2.05) is 6.07 Å². The zero-order valence-electron chi connectivity index (χ0n) is 20.1. The summed E-state index contributed by atoms with van der Waals surface area (Å²) in [5.41, 5.74) is 3.33. The van der Waals surface area contributed by atoms with Crippen LogP contribution in [0.25, 0.3) is 0 Å². The molecule has 1 aromatic heterocycles. The van der Waals surface area contributed by atoms with Crippen LogP contribution in [0, 0.1) is 12.8 Å². The number of aryl methyl sites for hydroxylation is 1. The predicted octanol–water partition coefficient (Wildman–Crippen LogP) is 5.45. The van der Waals surface area contributed by atoms with Crippen LogP contribution in [0.15, 0.2) is 34.9 Å². The zero-order valence-corrected chi connectivity index (χ0v) is 20.1. The number of piperidine rings is 1. The summed E-state index contributed by atoms with van der Waals surface area (Å²) in [4.78, 5) is 18.1. The summed E-state index contributed by atoms with van der Waals surface area (Å²) in [6.45, 7) is 10.6. The number of rotatable bonds is 8. The van der Waals surface area contributed by atoms with Crippen molar-refractivity contribution in [1.82, 2.24) is 15.0 Å². The van der Waals surface area contributed by atoms with E-state index in [1.165, 1.54) is 36.8 Å². The van der Waals surface area contributed by atoms with Crippen LogP contribution in [0.4, 0.5) is 0 Å². The number of likely N-dealkylation sites (tertiary alicyclic amines) is 1. The first kappa shape index (κ1) is 23.0. The Kier molecular flexibility index (Phi) is 7.67. The van der Waals surface area contributed by atoms with E-state index in [2.05, 4.69) is 60.0 Å². The lowest BCUT2D eigenvalue weighted by Gasteiger charge is -2.37. The largest absolute Gasteiger partial charge is 0.360 e. The number of amides is 1. The number of carbonyl (C=O) groups is 1. The van der Waals surface area contributed by atoms with Gasteiger partial charge in [-0.05, 0) is 69.2 Å². The molecule has 0 atom stereocenters. The maximum Gasteiger partial charge on any atom is 0.276 e. The second-order valence-corrected chi connectivity index (χ2v) is 10.1.